The molecule has 1 amide bonds. The van der Waals surface area contributed by atoms with E-state index in [0.717, 1.165) is 36.7 Å². The Bertz CT molecular complexity index is 833. The molecule has 0 N–H and O–H groups in total. The predicted octanol–water partition coefficient (Wildman–Crippen LogP) is 2.97. The highest BCUT2D eigenvalue weighted by Crippen LogP contribution is 2.38. The van der Waals surface area contributed by atoms with Gasteiger partial charge in [0.2, 0.25) is 11.8 Å². The summed E-state index contributed by atoms with van der Waals surface area (Å²) < 4.78 is 16.8. The molecule has 28 heavy (non-hydrogen) atoms. The van der Waals surface area contributed by atoms with E-state index in [0.29, 0.717) is 36.3 Å². The zero-order valence-electron chi connectivity index (χ0n) is 17.3. The molecule has 1 fully saturated rings. The molecule has 1 aromatic carbocycles. The lowest BCUT2D eigenvalue weighted by molar-refractivity contribution is -0.127. The highest BCUT2D eigenvalue weighted by atomic mass is 16.5. The molecular formula is C21H29N3O4. The standard InChI is InChI=1S/C21H29N3O4/c1-6-24-12-15(10-19(24)25)11-23(3)13-17-14(2)28-21(22-17)16-8-7-9-18(26-4)20(16)27-5/h7-9,15H,6,10-13H2,1-5H3/t15-/m1/s1. The monoisotopic (exact) mass is 387 g/mol. The molecule has 0 saturated carbocycles. The van der Waals surface area contributed by atoms with Crippen molar-refractivity contribution in [2.45, 2.75) is 26.8 Å². The van der Waals surface area contributed by atoms with Gasteiger partial charge in [-0.15, -0.1) is 0 Å². The van der Waals surface area contributed by atoms with Crippen LogP contribution in [0, 0.1) is 12.8 Å². The van der Waals surface area contributed by atoms with Crippen LogP contribution in [0.15, 0.2) is 22.6 Å². The van der Waals surface area contributed by atoms with E-state index in [2.05, 4.69) is 11.9 Å². The first kappa shape index (κ1) is 20.2. The lowest BCUT2D eigenvalue weighted by Gasteiger charge is -2.20. The molecule has 7 nitrogen and oxygen atoms in total. The Morgan fingerprint density at radius 2 is 2.11 bits per heavy atom. The van der Waals surface area contributed by atoms with Crippen molar-refractivity contribution in [2.75, 3.05) is 40.9 Å². The summed E-state index contributed by atoms with van der Waals surface area (Å²) >= 11 is 0. The Morgan fingerprint density at radius 1 is 1.32 bits per heavy atom. The van der Waals surface area contributed by atoms with E-state index in [1.54, 1.807) is 14.2 Å². The Balaban J connectivity index is 1.72. The maximum Gasteiger partial charge on any atom is 0.230 e. The maximum atomic E-state index is 11.9. The minimum atomic E-state index is 0.255. The summed E-state index contributed by atoms with van der Waals surface area (Å²) in [6, 6.07) is 5.64. The van der Waals surface area contributed by atoms with E-state index in [-0.39, 0.29) is 5.91 Å². The van der Waals surface area contributed by atoms with Crippen molar-refractivity contribution >= 4 is 5.91 Å². The van der Waals surface area contributed by atoms with E-state index in [1.165, 1.54) is 0 Å². The molecule has 152 valence electrons. The average molecular weight is 387 g/mol. The molecule has 0 radical (unpaired) electrons. The van der Waals surface area contributed by atoms with Gasteiger partial charge in [-0.3, -0.25) is 4.79 Å². The number of amides is 1. The third-order valence-electron chi connectivity index (χ3n) is 5.19. The number of carbonyl (C=O) groups excluding carboxylic acids is 1. The van der Waals surface area contributed by atoms with Crippen LogP contribution in [0.1, 0.15) is 24.8 Å². The fourth-order valence-electron chi connectivity index (χ4n) is 3.79. The van der Waals surface area contributed by atoms with E-state index in [1.807, 2.05) is 36.9 Å². The van der Waals surface area contributed by atoms with E-state index >= 15 is 0 Å². The van der Waals surface area contributed by atoms with Gasteiger partial charge in [-0.1, -0.05) is 6.07 Å². The Labute approximate surface area is 166 Å². The van der Waals surface area contributed by atoms with Gasteiger partial charge < -0.3 is 23.7 Å². The molecule has 0 aliphatic carbocycles. The van der Waals surface area contributed by atoms with Gasteiger partial charge in [-0.05, 0) is 38.9 Å². The zero-order valence-corrected chi connectivity index (χ0v) is 17.3. The maximum absolute atomic E-state index is 11.9. The molecule has 1 atom stereocenters. The van der Waals surface area contributed by atoms with Crippen molar-refractivity contribution in [3.05, 3.63) is 29.7 Å². The molecule has 3 rings (SSSR count). The van der Waals surface area contributed by atoms with Crippen LogP contribution < -0.4 is 9.47 Å². The fraction of sp³-hybridized carbons (Fsp3) is 0.524. The normalized spacial score (nSPS) is 16.9. The van der Waals surface area contributed by atoms with Crippen molar-refractivity contribution in [1.29, 1.82) is 0 Å². The Morgan fingerprint density at radius 3 is 2.75 bits per heavy atom. The second kappa shape index (κ2) is 8.65. The number of methoxy groups -OCH3 is 2. The van der Waals surface area contributed by atoms with Gasteiger partial charge in [-0.25, -0.2) is 4.98 Å². The average Bonchev–Trinajstić information content (AvgIpc) is 3.22. The van der Waals surface area contributed by atoms with Crippen LogP contribution in [0.3, 0.4) is 0 Å². The number of rotatable bonds is 8. The second-order valence-corrected chi connectivity index (χ2v) is 7.26. The number of carbonyl (C=O) groups is 1. The molecule has 1 aromatic heterocycles. The van der Waals surface area contributed by atoms with E-state index < -0.39 is 0 Å². The van der Waals surface area contributed by atoms with Crippen LogP contribution in [0.5, 0.6) is 11.5 Å². The van der Waals surface area contributed by atoms with Crippen molar-refractivity contribution in [3.63, 3.8) is 0 Å². The van der Waals surface area contributed by atoms with Gasteiger partial charge in [-0.2, -0.15) is 0 Å². The molecule has 0 unspecified atom stereocenters. The molecular weight excluding hydrogens is 358 g/mol. The highest BCUT2D eigenvalue weighted by Gasteiger charge is 2.29. The lowest BCUT2D eigenvalue weighted by atomic mass is 10.1. The molecule has 2 aromatic rings. The SMILES string of the molecule is CCN1C[C@@H](CN(C)Cc2nc(-c3cccc(OC)c3OC)oc2C)CC1=O. The van der Waals surface area contributed by atoms with Crippen LogP contribution in [0.25, 0.3) is 11.5 Å². The predicted molar refractivity (Wildman–Crippen MR) is 106 cm³/mol. The minimum Gasteiger partial charge on any atom is -0.493 e. The van der Waals surface area contributed by atoms with E-state index in [4.69, 9.17) is 18.9 Å². The summed E-state index contributed by atoms with van der Waals surface area (Å²) in [5.41, 5.74) is 1.65. The van der Waals surface area contributed by atoms with Gasteiger partial charge in [0.1, 0.15) is 5.76 Å². The fourth-order valence-corrected chi connectivity index (χ4v) is 3.79. The number of hydrogen-bond acceptors (Lipinski definition) is 6. The molecule has 1 saturated heterocycles. The molecule has 1 aliphatic rings. The molecule has 2 heterocycles. The number of aryl methyl sites for hydroxylation is 1. The summed E-state index contributed by atoms with van der Waals surface area (Å²) in [5, 5.41) is 0. The lowest BCUT2D eigenvalue weighted by Crippen LogP contribution is -2.28. The quantitative estimate of drug-likeness (QED) is 0.694. The third-order valence-corrected chi connectivity index (χ3v) is 5.19. The van der Waals surface area contributed by atoms with Crippen LogP contribution in [0.2, 0.25) is 0 Å². The van der Waals surface area contributed by atoms with Crippen molar-refractivity contribution in [2.24, 2.45) is 5.92 Å². The summed E-state index contributed by atoms with van der Waals surface area (Å²) in [4.78, 5) is 20.8. The van der Waals surface area contributed by atoms with Gasteiger partial charge in [0, 0.05) is 32.6 Å². The van der Waals surface area contributed by atoms with Gasteiger partial charge in [0.15, 0.2) is 11.5 Å². The highest BCUT2D eigenvalue weighted by molar-refractivity contribution is 5.78. The van der Waals surface area contributed by atoms with Crippen LogP contribution in [-0.4, -0.2) is 61.6 Å². The van der Waals surface area contributed by atoms with Gasteiger partial charge in [0.05, 0.1) is 25.5 Å². The topological polar surface area (TPSA) is 68.0 Å². The van der Waals surface area contributed by atoms with Crippen molar-refractivity contribution < 1.29 is 18.7 Å². The van der Waals surface area contributed by atoms with Crippen LogP contribution in [-0.2, 0) is 11.3 Å². The van der Waals surface area contributed by atoms with Crippen LogP contribution in [0.4, 0.5) is 0 Å². The van der Waals surface area contributed by atoms with Crippen LogP contribution >= 0.6 is 0 Å². The summed E-state index contributed by atoms with van der Waals surface area (Å²) in [6.07, 6.45) is 0.627. The molecule has 7 heteroatoms. The molecule has 1 aliphatic heterocycles. The summed E-state index contributed by atoms with van der Waals surface area (Å²) in [7, 11) is 5.27. The first-order valence-corrected chi connectivity index (χ1v) is 9.60. The number of hydrogen-bond donors (Lipinski definition) is 0. The smallest absolute Gasteiger partial charge is 0.230 e. The van der Waals surface area contributed by atoms with E-state index in [9.17, 15) is 4.79 Å². The summed E-state index contributed by atoms with van der Waals surface area (Å²) in [6.45, 7) is 7.09. The largest absolute Gasteiger partial charge is 0.493 e. The zero-order chi connectivity index (χ0) is 20.3. The Kier molecular flexibility index (Phi) is 6.24. The number of para-hydroxylation sites is 1. The van der Waals surface area contributed by atoms with Gasteiger partial charge >= 0.3 is 0 Å². The number of benzene rings is 1. The number of oxazole rings is 1. The third kappa shape index (κ3) is 4.14. The number of likely N-dealkylation sites (tertiary alicyclic amines) is 1. The van der Waals surface area contributed by atoms with Gasteiger partial charge in [0.25, 0.3) is 0 Å². The Hall–Kier alpha value is -2.54. The first-order valence-electron chi connectivity index (χ1n) is 9.60. The first-order chi connectivity index (χ1) is 13.5. The molecule has 0 spiro atoms. The van der Waals surface area contributed by atoms with Crippen molar-refractivity contribution in [1.82, 2.24) is 14.8 Å². The number of nitrogens with zero attached hydrogens (tertiary/aromatic N) is 3. The molecule has 0 bridgehead atoms. The number of ether oxygens (including phenoxy) is 2. The summed E-state index contributed by atoms with van der Waals surface area (Å²) in [5.74, 6) is 3.17. The second-order valence-electron chi connectivity index (χ2n) is 7.26. The van der Waals surface area contributed by atoms with Crippen molar-refractivity contribution in [3.8, 4) is 23.0 Å². The minimum absolute atomic E-state index is 0.255. The number of aromatic nitrogens is 1.